The van der Waals surface area contributed by atoms with Gasteiger partial charge in [0.2, 0.25) is 6.79 Å². The highest BCUT2D eigenvalue weighted by atomic mass is 79.9. The Morgan fingerprint density at radius 1 is 1.08 bits per heavy atom. The Hall–Kier alpha value is -2.80. The maximum atomic E-state index is 12.6. The maximum Gasteiger partial charge on any atom is 0.282 e. The molecule has 4 rings (SSSR count). The highest BCUT2D eigenvalue weighted by molar-refractivity contribution is 9.10. The van der Waals surface area contributed by atoms with Crippen LogP contribution >= 0.6 is 15.9 Å². The van der Waals surface area contributed by atoms with Crippen molar-refractivity contribution in [3.63, 3.8) is 0 Å². The second kappa shape index (κ2) is 5.68. The standard InChI is InChI=1S/C17H11BrN2O4/c18-11-2-1-3-12(8-11)20-17(22)13(16(21)19-20)6-10-4-5-14-15(7-10)24-9-23-14/h1-8H,9H2,(H,19,21). The minimum atomic E-state index is -0.447. The Labute approximate surface area is 145 Å². The van der Waals surface area contributed by atoms with Gasteiger partial charge in [-0.3, -0.25) is 15.0 Å². The van der Waals surface area contributed by atoms with Crippen LogP contribution in [-0.4, -0.2) is 18.6 Å². The molecule has 2 amide bonds. The minimum absolute atomic E-state index is 0.0637. The molecule has 0 spiro atoms. The molecule has 1 fully saturated rings. The lowest BCUT2D eigenvalue weighted by atomic mass is 10.1. The van der Waals surface area contributed by atoms with Gasteiger partial charge in [-0.25, -0.2) is 5.01 Å². The summed E-state index contributed by atoms with van der Waals surface area (Å²) in [5.41, 5.74) is 3.90. The molecule has 0 radical (unpaired) electrons. The van der Waals surface area contributed by atoms with E-state index < -0.39 is 11.8 Å². The van der Waals surface area contributed by atoms with Crippen LogP contribution in [0.4, 0.5) is 5.69 Å². The van der Waals surface area contributed by atoms with Crippen LogP contribution < -0.4 is 19.9 Å². The highest BCUT2D eigenvalue weighted by Gasteiger charge is 2.34. The first-order chi connectivity index (χ1) is 11.6. The summed E-state index contributed by atoms with van der Waals surface area (Å²) < 4.78 is 11.4. The van der Waals surface area contributed by atoms with Crippen molar-refractivity contribution in [2.75, 3.05) is 11.8 Å². The first-order valence-corrected chi connectivity index (χ1v) is 7.93. The lowest BCUT2D eigenvalue weighted by Crippen LogP contribution is -2.35. The number of carbonyl (C=O) groups is 2. The van der Waals surface area contributed by atoms with E-state index in [4.69, 9.17) is 9.47 Å². The predicted octanol–water partition coefficient (Wildman–Crippen LogP) is 2.64. The van der Waals surface area contributed by atoms with Crippen molar-refractivity contribution in [1.29, 1.82) is 0 Å². The second-order valence-corrected chi connectivity index (χ2v) is 6.15. The van der Waals surface area contributed by atoms with Gasteiger partial charge in [-0.2, -0.15) is 0 Å². The monoisotopic (exact) mass is 386 g/mol. The van der Waals surface area contributed by atoms with E-state index in [-0.39, 0.29) is 12.4 Å². The van der Waals surface area contributed by atoms with Crippen molar-refractivity contribution in [3.05, 3.63) is 58.1 Å². The summed E-state index contributed by atoms with van der Waals surface area (Å²) in [7, 11) is 0. The molecular formula is C17H11BrN2O4. The zero-order chi connectivity index (χ0) is 16.7. The average molecular weight is 387 g/mol. The van der Waals surface area contributed by atoms with E-state index >= 15 is 0 Å². The topological polar surface area (TPSA) is 67.9 Å². The third-order valence-electron chi connectivity index (χ3n) is 3.67. The average Bonchev–Trinajstić information content (AvgIpc) is 3.14. The zero-order valence-electron chi connectivity index (χ0n) is 12.3. The molecule has 6 nitrogen and oxygen atoms in total. The number of benzene rings is 2. The molecule has 0 atom stereocenters. The highest BCUT2D eigenvalue weighted by Crippen LogP contribution is 2.33. The van der Waals surface area contributed by atoms with Crippen molar-refractivity contribution in [3.8, 4) is 11.5 Å². The summed E-state index contributed by atoms with van der Waals surface area (Å²) in [4.78, 5) is 24.8. The van der Waals surface area contributed by atoms with Gasteiger partial charge >= 0.3 is 0 Å². The molecule has 24 heavy (non-hydrogen) atoms. The van der Waals surface area contributed by atoms with Gasteiger partial charge in [0.1, 0.15) is 5.57 Å². The maximum absolute atomic E-state index is 12.6. The number of fused-ring (bicyclic) bond motifs is 1. The van der Waals surface area contributed by atoms with Crippen LogP contribution in [0, 0.1) is 0 Å². The summed E-state index contributed by atoms with van der Waals surface area (Å²) in [5.74, 6) is 0.391. The fourth-order valence-corrected chi connectivity index (χ4v) is 2.91. The third kappa shape index (κ3) is 2.52. The lowest BCUT2D eigenvalue weighted by Gasteiger charge is -2.14. The summed E-state index contributed by atoms with van der Waals surface area (Å²) >= 11 is 3.35. The molecule has 0 aromatic heterocycles. The van der Waals surface area contributed by atoms with Crippen LogP contribution in [0.25, 0.3) is 6.08 Å². The second-order valence-electron chi connectivity index (χ2n) is 5.23. The minimum Gasteiger partial charge on any atom is -0.454 e. The van der Waals surface area contributed by atoms with E-state index in [2.05, 4.69) is 21.4 Å². The fourth-order valence-electron chi connectivity index (χ4n) is 2.52. The number of rotatable bonds is 2. The van der Waals surface area contributed by atoms with Crippen molar-refractivity contribution in [1.82, 2.24) is 5.43 Å². The van der Waals surface area contributed by atoms with Crippen molar-refractivity contribution < 1.29 is 19.1 Å². The Bertz CT molecular complexity index is 894. The molecule has 2 heterocycles. The number of hydrogen-bond acceptors (Lipinski definition) is 4. The number of anilines is 1. The van der Waals surface area contributed by atoms with Crippen LogP contribution in [0.2, 0.25) is 0 Å². The molecule has 2 aliphatic rings. The molecule has 0 unspecified atom stereocenters. The Kier molecular flexibility index (Phi) is 3.50. The van der Waals surface area contributed by atoms with E-state index in [0.29, 0.717) is 22.7 Å². The van der Waals surface area contributed by atoms with Gasteiger partial charge in [-0.15, -0.1) is 0 Å². The van der Waals surface area contributed by atoms with Gasteiger partial charge in [-0.05, 0) is 42.0 Å². The molecule has 0 saturated carbocycles. The van der Waals surface area contributed by atoms with Gasteiger partial charge in [-0.1, -0.05) is 28.1 Å². The van der Waals surface area contributed by atoms with E-state index in [0.717, 1.165) is 4.47 Å². The normalized spacial score (nSPS) is 17.5. The van der Waals surface area contributed by atoms with Gasteiger partial charge < -0.3 is 9.47 Å². The summed E-state index contributed by atoms with van der Waals surface area (Å²) in [5, 5.41) is 1.23. The predicted molar refractivity (Wildman–Crippen MR) is 90.3 cm³/mol. The summed E-state index contributed by atoms with van der Waals surface area (Å²) in [6.07, 6.45) is 1.54. The number of ether oxygens (including phenoxy) is 2. The Morgan fingerprint density at radius 3 is 2.75 bits per heavy atom. The van der Waals surface area contributed by atoms with Gasteiger partial charge in [0.15, 0.2) is 11.5 Å². The molecule has 1 N–H and O–H groups in total. The number of amides is 2. The van der Waals surface area contributed by atoms with Gasteiger partial charge in [0.05, 0.1) is 5.69 Å². The molecule has 1 saturated heterocycles. The molecule has 7 heteroatoms. The Balaban J connectivity index is 1.66. The van der Waals surface area contributed by atoms with Crippen LogP contribution in [0.3, 0.4) is 0 Å². The number of halogens is 1. The van der Waals surface area contributed by atoms with Crippen molar-refractivity contribution in [2.24, 2.45) is 0 Å². The number of carbonyl (C=O) groups excluding carboxylic acids is 2. The zero-order valence-corrected chi connectivity index (χ0v) is 13.9. The van der Waals surface area contributed by atoms with Crippen LogP contribution in [-0.2, 0) is 9.59 Å². The first kappa shape index (κ1) is 14.8. The van der Waals surface area contributed by atoms with E-state index in [1.54, 1.807) is 36.4 Å². The number of hydrazine groups is 1. The Morgan fingerprint density at radius 2 is 1.92 bits per heavy atom. The van der Waals surface area contributed by atoms with E-state index in [1.807, 2.05) is 6.07 Å². The summed E-state index contributed by atoms with van der Waals surface area (Å²) in [6.45, 7) is 0.172. The first-order valence-electron chi connectivity index (χ1n) is 7.14. The SMILES string of the molecule is O=C1NN(c2cccc(Br)c2)C(=O)C1=Cc1ccc2c(c1)OCO2. The molecule has 2 aromatic carbocycles. The number of nitrogens with zero attached hydrogens (tertiary/aromatic N) is 1. The number of nitrogens with one attached hydrogen (secondary N) is 1. The number of hydrogen-bond donors (Lipinski definition) is 1. The third-order valence-corrected chi connectivity index (χ3v) is 4.16. The fraction of sp³-hybridized carbons (Fsp3) is 0.0588. The molecule has 120 valence electrons. The lowest BCUT2D eigenvalue weighted by molar-refractivity contribution is -0.117. The van der Waals surface area contributed by atoms with Crippen LogP contribution in [0.1, 0.15) is 5.56 Å². The van der Waals surface area contributed by atoms with Gasteiger partial charge in [0.25, 0.3) is 11.8 Å². The van der Waals surface area contributed by atoms with Crippen LogP contribution in [0.15, 0.2) is 52.5 Å². The van der Waals surface area contributed by atoms with E-state index in [1.165, 1.54) is 11.1 Å². The quantitative estimate of drug-likeness (QED) is 0.636. The smallest absolute Gasteiger partial charge is 0.282 e. The largest absolute Gasteiger partial charge is 0.454 e. The van der Waals surface area contributed by atoms with E-state index in [9.17, 15) is 9.59 Å². The molecule has 2 aliphatic heterocycles. The van der Waals surface area contributed by atoms with Gasteiger partial charge in [0, 0.05) is 4.47 Å². The van der Waals surface area contributed by atoms with Crippen molar-refractivity contribution >= 4 is 39.5 Å². The summed E-state index contributed by atoms with van der Waals surface area (Å²) in [6, 6.07) is 12.4. The molecular weight excluding hydrogens is 376 g/mol. The molecule has 0 aliphatic carbocycles. The van der Waals surface area contributed by atoms with Crippen molar-refractivity contribution in [2.45, 2.75) is 0 Å². The molecule has 2 aromatic rings. The van der Waals surface area contributed by atoms with Crippen LogP contribution in [0.5, 0.6) is 11.5 Å². The molecule has 0 bridgehead atoms.